The summed E-state index contributed by atoms with van der Waals surface area (Å²) in [5.74, 6) is 0.276. The molecule has 0 aromatic rings. The Hall–Kier alpha value is -0.0900. The predicted molar refractivity (Wildman–Crippen MR) is 65.9 cm³/mol. The number of sulfone groups is 1. The highest BCUT2D eigenvalue weighted by Gasteiger charge is 2.21. The zero-order valence-electron chi connectivity index (χ0n) is 10.4. The van der Waals surface area contributed by atoms with Crippen LogP contribution in [0, 0.1) is 0 Å². The van der Waals surface area contributed by atoms with Crippen LogP contribution in [0.5, 0.6) is 0 Å². The summed E-state index contributed by atoms with van der Waals surface area (Å²) in [5.41, 5.74) is 0. The third-order valence-corrected chi connectivity index (χ3v) is 4.78. The molecule has 0 aromatic heterocycles. The van der Waals surface area contributed by atoms with Gasteiger partial charge in [0.15, 0.2) is 9.84 Å². The molecule has 0 heterocycles. The molecule has 92 valence electrons. The summed E-state index contributed by atoms with van der Waals surface area (Å²) in [5, 5.41) is 3.04. The SMILES string of the molecule is CCCNC(CCC)CS(=O)(=O)C(C)C. The van der Waals surface area contributed by atoms with Crippen LogP contribution in [0.15, 0.2) is 0 Å². The number of nitrogens with one attached hydrogen (secondary N) is 1. The van der Waals surface area contributed by atoms with Crippen LogP contribution < -0.4 is 5.32 Å². The van der Waals surface area contributed by atoms with Crippen molar-refractivity contribution in [3.63, 3.8) is 0 Å². The summed E-state index contributed by atoms with van der Waals surface area (Å²) in [6.45, 7) is 8.57. The van der Waals surface area contributed by atoms with Crippen molar-refractivity contribution in [2.24, 2.45) is 0 Å². The lowest BCUT2D eigenvalue weighted by molar-refractivity contribution is 0.497. The second-order valence-electron chi connectivity index (χ2n) is 4.32. The average Bonchev–Trinajstić information content (AvgIpc) is 2.14. The molecular weight excluding hydrogens is 210 g/mol. The van der Waals surface area contributed by atoms with Gasteiger partial charge in [0, 0.05) is 6.04 Å². The molecule has 15 heavy (non-hydrogen) atoms. The molecule has 0 radical (unpaired) electrons. The van der Waals surface area contributed by atoms with Crippen LogP contribution in [0.3, 0.4) is 0 Å². The number of hydrogen-bond donors (Lipinski definition) is 1. The van der Waals surface area contributed by atoms with Gasteiger partial charge in [0.25, 0.3) is 0 Å². The molecule has 0 amide bonds. The molecule has 0 aliphatic rings. The van der Waals surface area contributed by atoms with Gasteiger partial charge in [-0.25, -0.2) is 8.42 Å². The maximum absolute atomic E-state index is 11.7. The molecule has 1 N–H and O–H groups in total. The van der Waals surface area contributed by atoms with E-state index in [9.17, 15) is 8.42 Å². The van der Waals surface area contributed by atoms with E-state index in [0.29, 0.717) is 0 Å². The van der Waals surface area contributed by atoms with Crippen LogP contribution in [0.4, 0.5) is 0 Å². The second kappa shape index (κ2) is 7.23. The first-order valence-electron chi connectivity index (χ1n) is 5.89. The Labute approximate surface area is 94.6 Å². The summed E-state index contributed by atoms with van der Waals surface area (Å²) in [7, 11) is -2.91. The molecule has 0 aromatic carbocycles. The Morgan fingerprint density at radius 3 is 2.13 bits per heavy atom. The van der Waals surface area contributed by atoms with Crippen molar-refractivity contribution in [1.29, 1.82) is 0 Å². The fourth-order valence-corrected chi connectivity index (χ4v) is 2.64. The Morgan fingerprint density at radius 1 is 1.13 bits per heavy atom. The molecule has 0 saturated carbocycles. The molecule has 1 unspecified atom stereocenters. The minimum atomic E-state index is -2.91. The van der Waals surface area contributed by atoms with Gasteiger partial charge >= 0.3 is 0 Å². The third-order valence-electron chi connectivity index (χ3n) is 2.47. The molecule has 0 fully saturated rings. The summed E-state index contributed by atoms with van der Waals surface area (Å²) < 4.78 is 23.5. The van der Waals surface area contributed by atoms with E-state index in [4.69, 9.17) is 0 Å². The van der Waals surface area contributed by atoms with Crippen molar-refractivity contribution in [2.75, 3.05) is 12.3 Å². The molecule has 1 atom stereocenters. The molecule has 0 bridgehead atoms. The van der Waals surface area contributed by atoms with E-state index in [-0.39, 0.29) is 17.0 Å². The largest absolute Gasteiger partial charge is 0.313 e. The minimum Gasteiger partial charge on any atom is -0.313 e. The van der Waals surface area contributed by atoms with Crippen LogP contribution in [0.1, 0.15) is 47.0 Å². The minimum absolute atomic E-state index is 0.127. The van der Waals surface area contributed by atoms with Crippen molar-refractivity contribution < 1.29 is 8.42 Å². The first-order valence-corrected chi connectivity index (χ1v) is 7.60. The monoisotopic (exact) mass is 235 g/mol. The summed E-state index contributed by atoms with van der Waals surface area (Å²) in [4.78, 5) is 0. The number of hydrogen-bond acceptors (Lipinski definition) is 3. The van der Waals surface area contributed by atoms with Crippen LogP contribution >= 0.6 is 0 Å². The molecule has 4 heteroatoms. The third kappa shape index (κ3) is 6.15. The van der Waals surface area contributed by atoms with Crippen molar-refractivity contribution in [2.45, 2.75) is 58.2 Å². The molecule has 0 rings (SSSR count). The zero-order valence-corrected chi connectivity index (χ0v) is 11.2. The van der Waals surface area contributed by atoms with E-state index < -0.39 is 9.84 Å². The highest BCUT2D eigenvalue weighted by atomic mass is 32.2. The van der Waals surface area contributed by atoms with Gasteiger partial charge in [-0.3, -0.25) is 0 Å². The molecule has 0 spiro atoms. The van der Waals surface area contributed by atoms with Gasteiger partial charge in [0.1, 0.15) is 0 Å². The van der Waals surface area contributed by atoms with Crippen LogP contribution in [0.2, 0.25) is 0 Å². The van der Waals surface area contributed by atoms with E-state index in [1.165, 1.54) is 0 Å². The molecule has 3 nitrogen and oxygen atoms in total. The van der Waals surface area contributed by atoms with Gasteiger partial charge in [0.05, 0.1) is 11.0 Å². The van der Waals surface area contributed by atoms with Gasteiger partial charge in [-0.05, 0) is 33.2 Å². The Balaban J connectivity index is 4.27. The Kier molecular flexibility index (Phi) is 7.18. The molecular formula is C11H25NO2S. The zero-order chi connectivity index (χ0) is 11.9. The Bertz CT molecular complexity index is 247. The van der Waals surface area contributed by atoms with Gasteiger partial charge in [0.2, 0.25) is 0 Å². The average molecular weight is 235 g/mol. The fourth-order valence-electron chi connectivity index (χ4n) is 1.41. The number of rotatable bonds is 8. The maximum Gasteiger partial charge on any atom is 0.154 e. The van der Waals surface area contributed by atoms with E-state index in [2.05, 4.69) is 19.2 Å². The van der Waals surface area contributed by atoms with E-state index in [1.807, 2.05) is 0 Å². The summed E-state index contributed by atoms with van der Waals surface area (Å²) in [6, 6.07) is 0.127. The highest BCUT2D eigenvalue weighted by Crippen LogP contribution is 2.07. The van der Waals surface area contributed by atoms with Crippen LogP contribution in [-0.4, -0.2) is 32.0 Å². The fraction of sp³-hybridized carbons (Fsp3) is 1.00. The van der Waals surface area contributed by atoms with E-state index in [0.717, 1.165) is 25.8 Å². The lowest BCUT2D eigenvalue weighted by atomic mass is 10.2. The summed E-state index contributed by atoms with van der Waals surface area (Å²) >= 11 is 0. The van der Waals surface area contributed by atoms with Crippen molar-refractivity contribution >= 4 is 9.84 Å². The van der Waals surface area contributed by atoms with E-state index in [1.54, 1.807) is 13.8 Å². The van der Waals surface area contributed by atoms with Crippen molar-refractivity contribution in [3.05, 3.63) is 0 Å². The lowest BCUT2D eigenvalue weighted by Gasteiger charge is -2.19. The first kappa shape index (κ1) is 14.9. The molecule has 0 saturated heterocycles. The Morgan fingerprint density at radius 2 is 1.73 bits per heavy atom. The topological polar surface area (TPSA) is 46.2 Å². The van der Waals surface area contributed by atoms with Crippen molar-refractivity contribution in [1.82, 2.24) is 5.32 Å². The predicted octanol–water partition coefficient (Wildman–Crippen LogP) is 1.98. The van der Waals surface area contributed by atoms with Gasteiger partial charge < -0.3 is 5.32 Å². The smallest absolute Gasteiger partial charge is 0.154 e. The van der Waals surface area contributed by atoms with Crippen LogP contribution in [-0.2, 0) is 9.84 Å². The summed E-state index contributed by atoms with van der Waals surface area (Å²) in [6.07, 6.45) is 3.00. The van der Waals surface area contributed by atoms with E-state index >= 15 is 0 Å². The quantitative estimate of drug-likeness (QED) is 0.700. The van der Waals surface area contributed by atoms with Crippen LogP contribution in [0.25, 0.3) is 0 Å². The highest BCUT2D eigenvalue weighted by molar-refractivity contribution is 7.92. The molecule has 0 aliphatic carbocycles. The normalized spacial score (nSPS) is 14.5. The first-order chi connectivity index (χ1) is 6.94. The lowest BCUT2D eigenvalue weighted by Crippen LogP contribution is -2.38. The molecule has 0 aliphatic heterocycles. The van der Waals surface area contributed by atoms with Gasteiger partial charge in [-0.1, -0.05) is 20.3 Å². The second-order valence-corrected chi connectivity index (χ2v) is 6.92. The van der Waals surface area contributed by atoms with Crippen molar-refractivity contribution in [3.8, 4) is 0 Å². The van der Waals surface area contributed by atoms with Gasteiger partial charge in [-0.15, -0.1) is 0 Å². The van der Waals surface area contributed by atoms with Gasteiger partial charge in [-0.2, -0.15) is 0 Å². The maximum atomic E-state index is 11.7. The standard InChI is InChI=1S/C11H25NO2S/c1-5-7-11(12-8-6-2)9-15(13,14)10(3)4/h10-12H,5-9H2,1-4H3.